The number of carbonyl (C=O) groups excluding carboxylic acids is 1. The Hall–Kier alpha value is -2.82. The number of nitrogens with one attached hydrogen (secondary N) is 1. The summed E-state index contributed by atoms with van der Waals surface area (Å²) < 4.78 is 38.0. The first kappa shape index (κ1) is 21.9. The zero-order chi connectivity index (χ0) is 21.9. The van der Waals surface area contributed by atoms with Crippen LogP contribution in [0.5, 0.6) is 0 Å². The van der Waals surface area contributed by atoms with Crippen LogP contribution in [0.2, 0.25) is 0 Å². The highest BCUT2D eigenvalue weighted by molar-refractivity contribution is 7.98. The monoisotopic (exact) mass is 440 g/mol. The molecule has 7 nitrogen and oxygen atoms in total. The maximum Gasteiger partial charge on any atom is 0.417 e. The fourth-order valence-corrected chi connectivity index (χ4v) is 3.68. The molecule has 0 bridgehead atoms. The van der Waals surface area contributed by atoms with Crippen molar-refractivity contribution in [2.45, 2.75) is 30.0 Å². The zero-order valence-electron chi connectivity index (χ0n) is 16.0. The number of nitro groups is 1. The molecule has 30 heavy (non-hydrogen) atoms. The molecule has 1 N–H and O–H groups in total. The quantitative estimate of drug-likeness (QED) is 0.427. The zero-order valence-corrected chi connectivity index (χ0v) is 16.8. The number of amides is 1. The Morgan fingerprint density at radius 3 is 2.50 bits per heavy atom. The Bertz CT molecular complexity index is 930. The SMILES string of the molecule is CSc1ccc([N+](=O)[O-])c(C(=O)NC2CCN(c3ccc(C(F)(F)F)cn3)CC2)c1. The molecule has 2 aromatic rings. The molecular formula is C19H19F3N4O3S. The fraction of sp³-hybridized carbons (Fsp3) is 0.368. The van der Waals surface area contributed by atoms with Gasteiger partial charge in [0, 0.05) is 36.3 Å². The highest BCUT2D eigenvalue weighted by atomic mass is 32.2. The van der Waals surface area contributed by atoms with E-state index in [1.165, 1.54) is 30.0 Å². The summed E-state index contributed by atoms with van der Waals surface area (Å²) in [5.74, 6) is -0.0696. The lowest BCUT2D eigenvalue weighted by Gasteiger charge is -2.33. The standard InChI is InChI=1S/C19H19F3N4O3S/c1-30-14-3-4-16(26(28)29)15(10-14)18(27)24-13-6-8-25(9-7-13)17-5-2-12(11-23-17)19(20,21)22/h2-5,10-11,13H,6-9H2,1H3,(H,24,27). The van der Waals surface area contributed by atoms with Gasteiger partial charge in [-0.25, -0.2) is 4.98 Å². The molecule has 1 fully saturated rings. The lowest BCUT2D eigenvalue weighted by atomic mass is 10.0. The molecule has 1 amide bonds. The van der Waals surface area contributed by atoms with Crippen molar-refractivity contribution < 1.29 is 22.9 Å². The minimum Gasteiger partial charge on any atom is -0.356 e. The number of alkyl halides is 3. The van der Waals surface area contributed by atoms with Crippen LogP contribution in [-0.4, -0.2) is 41.2 Å². The number of pyridine rings is 1. The van der Waals surface area contributed by atoms with Crippen LogP contribution in [-0.2, 0) is 6.18 Å². The summed E-state index contributed by atoms with van der Waals surface area (Å²) in [5, 5.41) is 14.1. The summed E-state index contributed by atoms with van der Waals surface area (Å²) in [6.07, 6.45) is -0.719. The lowest BCUT2D eigenvalue weighted by Crippen LogP contribution is -2.45. The molecule has 3 rings (SSSR count). The van der Waals surface area contributed by atoms with Gasteiger partial charge in [-0.05, 0) is 43.4 Å². The number of rotatable bonds is 5. The topological polar surface area (TPSA) is 88.4 Å². The number of aromatic nitrogens is 1. The van der Waals surface area contributed by atoms with Gasteiger partial charge in [0.2, 0.25) is 0 Å². The van der Waals surface area contributed by atoms with Crippen LogP contribution in [0.1, 0.15) is 28.8 Å². The van der Waals surface area contributed by atoms with Crippen LogP contribution in [0.3, 0.4) is 0 Å². The average molecular weight is 440 g/mol. The smallest absolute Gasteiger partial charge is 0.356 e. The molecule has 2 heterocycles. The first-order valence-electron chi connectivity index (χ1n) is 9.10. The van der Waals surface area contributed by atoms with Gasteiger partial charge in [0.15, 0.2) is 0 Å². The van der Waals surface area contributed by atoms with E-state index in [9.17, 15) is 28.1 Å². The van der Waals surface area contributed by atoms with E-state index in [1.54, 1.807) is 6.07 Å². The summed E-state index contributed by atoms with van der Waals surface area (Å²) in [6, 6.07) is 6.54. The summed E-state index contributed by atoms with van der Waals surface area (Å²) in [6.45, 7) is 0.993. The Labute approximate surface area is 174 Å². The maximum absolute atomic E-state index is 12.7. The molecule has 11 heteroatoms. The average Bonchev–Trinajstić information content (AvgIpc) is 2.73. The van der Waals surface area contributed by atoms with E-state index in [0.29, 0.717) is 31.7 Å². The second-order valence-electron chi connectivity index (χ2n) is 6.78. The molecule has 1 aliphatic rings. The normalized spacial score (nSPS) is 15.1. The van der Waals surface area contributed by atoms with Gasteiger partial charge in [-0.1, -0.05) is 0 Å². The Morgan fingerprint density at radius 2 is 1.97 bits per heavy atom. The van der Waals surface area contributed by atoms with Gasteiger partial charge in [0.25, 0.3) is 11.6 Å². The van der Waals surface area contributed by atoms with Crippen molar-refractivity contribution in [1.29, 1.82) is 0 Å². The Morgan fingerprint density at radius 1 is 1.27 bits per heavy atom. The minimum atomic E-state index is -4.43. The van der Waals surface area contributed by atoms with Gasteiger partial charge >= 0.3 is 6.18 Å². The van der Waals surface area contributed by atoms with E-state index in [2.05, 4.69) is 10.3 Å². The van der Waals surface area contributed by atoms with E-state index in [-0.39, 0.29) is 17.3 Å². The summed E-state index contributed by atoms with van der Waals surface area (Å²) in [4.78, 5) is 29.8. The summed E-state index contributed by atoms with van der Waals surface area (Å²) in [5.41, 5.74) is -1.04. The number of hydrogen-bond donors (Lipinski definition) is 1. The third kappa shape index (κ3) is 5.02. The third-order valence-electron chi connectivity index (χ3n) is 4.87. The van der Waals surface area contributed by atoms with Crippen LogP contribution in [0.25, 0.3) is 0 Å². The number of benzene rings is 1. The highest BCUT2D eigenvalue weighted by Gasteiger charge is 2.31. The van der Waals surface area contributed by atoms with Gasteiger partial charge in [0.1, 0.15) is 11.4 Å². The number of halogens is 3. The molecule has 0 radical (unpaired) electrons. The first-order valence-corrected chi connectivity index (χ1v) is 10.3. The third-order valence-corrected chi connectivity index (χ3v) is 5.60. The molecule has 0 unspecified atom stereocenters. The molecule has 1 aromatic carbocycles. The van der Waals surface area contributed by atoms with Crippen LogP contribution in [0.15, 0.2) is 41.4 Å². The van der Waals surface area contributed by atoms with Crippen LogP contribution < -0.4 is 10.2 Å². The van der Waals surface area contributed by atoms with Crippen molar-refractivity contribution in [2.75, 3.05) is 24.2 Å². The Balaban J connectivity index is 1.62. The fourth-order valence-electron chi connectivity index (χ4n) is 3.24. The lowest BCUT2D eigenvalue weighted by molar-refractivity contribution is -0.385. The Kier molecular flexibility index (Phi) is 6.49. The van der Waals surface area contributed by atoms with E-state index >= 15 is 0 Å². The van der Waals surface area contributed by atoms with Crippen molar-refractivity contribution in [1.82, 2.24) is 10.3 Å². The number of nitro benzene ring substituents is 1. The van der Waals surface area contributed by atoms with Gasteiger partial charge in [0.05, 0.1) is 10.5 Å². The summed E-state index contributed by atoms with van der Waals surface area (Å²) >= 11 is 1.38. The first-order chi connectivity index (χ1) is 14.2. The molecule has 1 aliphatic heterocycles. The predicted octanol–water partition coefficient (Wildman–Crippen LogP) is 4.13. The molecule has 0 spiro atoms. The van der Waals surface area contributed by atoms with Crippen LogP contribution in [0, 0.1) is 10.1 Å². The number of piperidine rings is 1. The van der Waals surface area contributed by atoms with Gasteiger partial charge < -0.3 is 10.2 Å². The van der Waals surface area contributed by atoms with Crippen molar-refractivity contribution >= 4 is 29.2 Å². The maximum atomic E-state index is 12.7. The second kappa shape index (κ2) is 8.90. The van der Waals surface area contributed by atoms with Crippen molar-refractivity contribution in [2.24, 2.45) is 0 Å². The molecule has 0 aliphatic carbocycles. The van der Waals surface area contributed by atoms with E-state index in [4.69, 9.17) is 0 Å². The van der Waals surface area contributed by atoms with E-state index in [0.717, 1.165) is 17.2 Å². The van der Waals surface area contributed by atoms with E-state index < -0.39 is 22.6 Å². The molecule has 1 aromatic heterocycles. The minimum absolute atomic E-state index is 0.0127. The van der Waals surface area contributed by atoms with Crippen LogP contribution >= 0.6 is 11.8 Å². The van der Waals surface area contributed by atoms with Gasteiger partial charge in [-0.15, -0.1) is 11.8 Å². The number of hydrogen-bond acceptors (Lipinski definition) is 6. The highest BCUT2D eigenvalue weighted by Crippen LogP contribution is 2.30. The molecular weight excluding hydrogens is 421 g/mol. The molecule has 1 saturated heterocycles. The van der Waals surface area contributed by atoms with Crippen molar-refractivity contribution in [3.63, 3.8) is 0 Å². The van der Waals surface area contributed by atoms with E-state index in [1.807, 2.05) is 11.2 Å². The van der Waals surface area contributed by atoms with Crippen molar-refractivity contribution in [3.8, 4) is 0 Å². The van der Waals surface area contributed by atoms with Crippen molar-refractivity contribution in [3.05, 3.63) is 57.8 Å². The number of thioether (sulfide) groups is 1. The predicted molar refractivity (Wildman–Crippen MR) is 107 cm³/mol. The van der Waals surface area contributed by atoms with Gasteiger partial charge in [-0.3, -0.25) is 14.9 Å². The molecule has 0 atom stereocenters. The number of carbonyl (C=O) groups is 1. The number of anilines is 1. The largest absolute Gasteiger partial charge is 0.417 e. The van der Waals surface area contributed by atoms with Gasteiger partial charge in [-0.2, -0.15) is 13.2 Å². The molecule has 0 saturated carbocycles. The summed E-state index contributed by atoms with van der Waals surface area (Å²) in [7, 11) is 0. The second-order valence-corrected chi connectivity index (χ2v) is 7.66. The van der Waals surface area contributed by atoms with Crippen LogP contribution in [0.4, 0.5) is 24.7 Å². The molecule has 160 valence electrons. The number of nitrogens with zero attached hydrogens (tertiary/aromatic N) is 3.